The van der Waals surface area contributed by atoms with Crippen molar-refractivity contribution < 1.29 is 27.4 Å². The van der Waals surface area contributed by atoms with Gasteiger partial charge in [-0.25, -0.2) is 0 Å². The number of benzene rings is 1. The molecule has 8 nitrogen and oxygen atoms in total. The van der Waals surface area contributed by atoms with E-state index in [-0.39, 0.29) is 28.5 Å². The summed E-state index contributed by atoms with van der Waals surface area (Å²) in [4.78, 5) is 20.9. The van der Waals surface area contributed by atoms with Gasteiger partial charge in [0, 0.05) is 45.0 Å². The van der Waals surface area contributed by atoms with Crippen molar-refractivity contribution in [3.63, 3.8) is 0 Å². The van der Waals surface area contributed by atoms with Gasteiger partial charge in [-0.3, -0.25) is 9.48 Å². The highest BCUT2D eigenvalue weighted by Gasteiger charge is 2.36. The number of ether oxygens (including phenoxy) is 2. The first kappa shape index (κ1) is 23.7. The number of anilines is 1. The van der Waals surface area contributed by atoms with E-state index < -0.39 is 17.8 Å². The number of methoxy groups -OCH3 is 1. The van der Waals surface area contributed by atoms with Gasteiger partial charge in [0.2, 0.25) is 5.88 Å². The molecule has 4 rings (SSSR count). The Bertz CT molecular complexity index is 1190. The Hall–Kier alpha value is -3.50. The van der Waals surface area contributed by atoms with E-state index in [0.29, 0.717) is 26.2 Å². The first-order valence-corrected chi connectivity index (χ1v) is 10.8. The molecule has 1 fully saturated rings. The highest BCUT2D eigenvalue weighted by Crippen LogP contribution is 2.37. The summed E-state index contributed by atoms with van der Waals surface area (Å²) in [5, 5.41) is 3.97. The van der Waals surface area contributed by atoms with E-state index in [1.54, 1.807) is 12.0 Å². The Labute approximate surface area is 194 Å². The minimum absolute atomic E-state index is 0.0510. The standard InChI is InChI=1S/C23H26F3N5O3/c1-14-20-18(23(24,25)26)13-19(27-21(20)29(3)28-14)34-15(2)22(32)31-11-9-30(10-12-31)16-5-7-17(33-4)8-6-16/h5-8,13,15H,9-12H2,1-4H3/t15-/m0/s1. The number of hydrogen-bond donors (Lipinski definition) is 0. The number of aromatic nitrogens is 3. The summed E-state index contributed by atoms with van der Waals surface area (Å²) < 4.78 is 53.1. The molecule has 1 aromatic carbocycles. The van der Waals surface area contributed by atoms with Crippen LogP contribution in [0.15, 0.2) is 30.3 Å². The normalized spacial score (nSPS) is 15.5. The number of nitrogens with zero attached hydrogens (tertiary/aromatic N) is 5. The van der Waals surface area contributed by atoms with Crippen LogP contribution in [0.2, 0.25) is 0 Å². The zero-order valence-corrected chi connectivity index (χ0v) is 19.4. The van der Waals surface area contributed by atoms with E-state index in [1.165, 1.54) is 25.6 Å². The lowest BCUT2D eigenvalue weighted by atomic mass is 10.1. The highest BCUT2D eigenvalue weighted by molar-refractivity contribution is 5.84. The van der Waals surface area contributed by atoms with Gasteiger partial charge in [0.05, 0.1) is 23.8 Å². The minimum atomic E-state index is -4.61. The Balaban J connectivity index is 1.45. The maximum absolute atomic E-state index is 13.7. The molecule has 0 aliphatic carbocycles. The van der Waals surface area contributed by atoms with Crippen LogP contribution >= 0.6 is 0 Å². The van der Waals surface area contributed by atoms with Crippen molar-refractivity contribution in [1.82, 2.24) is 19.7 Å². The fourth-order valence-corrected chi connectivity index (χ4v) is 4.17. The molecule has 1 aliphatic heterocycles. The summed E-state index contributed by atoms with van der Waals surface area (Å²) in [6.45, 7) is 5.21. The van der Waals surface area contributed by atoms with Crippen LogP contribution in [-0.4, -0.2) is 65.0 Å². The van der Waals surface area contributed by atoms with Gasteiger partial charge < -0.3 is 19.3 Å². The second-order valence-electron chi connectivity index (χ2n) is 8.18. The topological polar surface area (TPSA) is 72.7 Å². The van der Waals surface area contributed by atoms with Crippen LogP contribution in [0, 0.1) is 6.92 Å². The molecule has 11 heteroatoms. The van der Waals surface area contributed by atoms with E-state index in [1.807, 2.05) is 24.3 Å². The average molecular weight is 477 g/mol. The number of rotatable bonds is 5. The molecule has 1 saturated heterocycles. The van der Waals surface area contributed by atoms with Crippen molar-refractivity contribution in [3.05, 3.63) is 41.6 Å². The van der Waals surface area contributed by atoms with Crippen LogP contribution in [-0.2, 0) is 18.0 Å². The maximum Gasteiger partial charge on any atom is 0.417 e. The number of hydrogen-bond acceptors (Lipinski definition) is 6. The van der Waals surface area contributed by atoms with Gasteiger partial charge in [-0.15, -0.1) is 0 Å². The molecular weight excluding hydrogens is 451 g/mol. The molecule has 2 aromatic heterocycles. The van der Waals surface area contributed by atoms with Crippen molar-refractivity contribution in [2.75, 3.05) is 38.2 Å². The van der Waals surface area contributed by atoms with Crippen molar-refractivity contribution >= 4 is 22.6 Å². The summed E-state index contributed by atoms with van der Waals surface area (Å²) in [7, 11) is 3.13. The first-order valence-electron chi connectivity index (χ1n) is 10.8. The molecule has 1 amide bonds. The monoisotopic (exact) mass is 477 g/mol. The van der Waals surface area contributed by atoms with Gasteiger partial charge in [-0.2, -0.15) is 23.3 Å². The Morgan fingerprint density at radius 3 is 2.35 bits per heavy atom. The van der Waals surface area contributed by atoms with Gasteiger partial charge in [-0.05, 0) is 38.1 Å². The molecule has 0 unspecified atom stereocenters. The summed E-state index contributed by atoms with van der Waals surface area (Å²) in [5.41, 5.74) is 0.421. The van der Waals surface area contributed by atoms with Gasteiger partial charge in [0.15, 0.2) is 11.8 Å². The molecule has 3 heterocycles. The fraction of sp³-hybridized carbons (Fsp3) is 0.435. The van der Waals surface area contributed by atoms with E-state index in [0.717, 1.165) is 17.5 Å². The number of pyridine rings is 1. The summed E-state index contributed by atoms with van der Waals surface area (Å²) in [6, 6.07) is 8.52. The number of piperazine rings is 1. The molecule has 1 atom stereocenters. The SMILES string of the molecule is COc1ccc(N2CCN(C(=O)[C@H](C)Oc3cc(C(F)(F)F)c4c(C)nn(C)c4n3)CC2)cc1. The number of carbonyl (C=O) groups is 1. The number of fused-ring (bicyclic) bond motifs is 1. The summed E-state index contributed by atoms with van der Waals surface area (Å²) >= 11 is 0. The molecule has 0 spiro atoms. The first-order chi connectivity index (χ1) is 16.1. The molecule has 34 heavy (non-hydrogen) atoms. The lowest BCUT2D eigenvalue weighted by molar-refractivity contribution is -0.138. The third kappa shape index (κ3) is 4.59. The summed E-state index contributed by atoms with van der Waals surface area (Å²) in [5.74, 6) is 0.205. The molecular formula is C23H26F3N5O3. The van der Waals surface area contributed by atoms with E-state index in [9.17, 15) is 18.0 Å². The van der Waals surface area contributed by atoms with Crippen molar-refractivity contribution in [3.8, 4) is 11.6 Å². The second-order valence-corrected chi connectivity index (χ2v) is 8.18. The van der Waals surface area contributed by atoms with Gasteiger partial charge >= 0.3 is 6.18 Å². The third-order valence-corrected chi connectivity index (χ3v) is 5.92. The van der Waals surface area contributed by atoms with Crippen molar-refractivity contribution in [1.29, 1.82) is 0 Å². The van der Waals surface area contributed by atoms with Crippen molar-refractivity contribution in [2.24, 2.45) is 7.05 Å². The van der Waals surface area contributed by atoms with Crippen LogP contribution < -0.4 is 14.4 Å². The quantitative estimate of drug-likeness (QED) is 0.561. The van der Waals surface area contributed by atoms with Crippen LogP contribution in [0.4, 0.5) is 18.9 Å². The Morgan fingerprint density at radius 2 is 1.76 bits per heavy atom. The molecule has 0 N–H and O–H groups in total. The minimum Gasteiger partial charge on any atom is -0.497 e. The molecule has 0 bridgehead atoms. The number of carbonyl (C=O) groups excluding carboxylic acids is 1. The number of halogens is 3. The molecule has 0 radical (unpaired) electrons. The Kier molecular flexibility index (Phi) is 6.28. The van der Waals surface area contributed by atoms with E-state index >= 15 is 0 Å². The average Bonchev–Trinajstić information content (AvgIpc) is 3.10. The summed E-state index contributed by atoms with van der Waals surface area (Å²) in [6.07, 6.45) is -5.61. The van der Waals surface area contributed by atoms with Gasteiger partial charge in [-0.1, -0.05) is 0 Å². The fourth-order valence-electron chi connectivity index (χ4n) is 4.17. The molecule has 0 saturated carbocycles. The lowest BCUT2D eigenvalue weighted by Crippen LogP contribution is -2.52. The van der Waals surface area contributed by atoms with Gasteiger partial charge in [0.25, 0.3) is 5.91 Å². The number of alkyl halides is 3. The largest absolute Gasteiger partial charge is 0.497 e. The van der Waals surface area contributed by atoms with E-state index in [2.05, 4.69) is 15.0 Å². The maximum atomic E-state index is 13.7. The van der Waals surface area contributed by atoms with Crippen LogP contribution in [0.5, 0.6) is 11.6 Å². The van der Waals surface area contributed by atoms with Crippen LogP contribution in [0.25, 0.3) is 11.0 Å². The number of amides is 1. The molecule has 182 valence electrons. The zero-order valence-electron chi connectivity index (χ0n) is 19.4. The predicted molar refractivity (Wildman–Crippen MR) is 120 cm³/mol. The highest BCUT2D eigenvalue weighted by atomic mass is 19.4. The zero-order chi connectivity index (χ0) is 24.6. The third-order valence-electron chi connectivity index (χ3n) is 5.92. The van der Waals surface area contributed by atoms with Crippen LogP contribution in [0.1, 0.15) is 18.2 Å². The Morgan fingerprint density at radius 1 is 1.12 bits per heavy atom. The van der Waals surface area contributed by atoms with Crippen molar-refractivity contribution in [2.45, 2.75) is 26.1 Å². The van der Waals surface area contributed by atoms with E-state index in [4.69, 9.17) is 9.47 Å². The van der Waals surface area contributed by atoms with Crippen LogP contribution in [0.3, 0.4) is 0 Å². The smallest absolute Gasteiger partial charge is 0.417 e. The molecule has 1 aliphatic rings. The van der Waals surface area contributed by atoms with Gasteiger partial charge in [0.1, 0.15) is 5.75 Å². The second kappa shape index (κ2) is 9.03. The lowest BCUT2D eigenvalue weighted by Gasteiger charge is -2.37. The molecule has 3 aromatic rings. The number of aryl methyl sites for hydroxylation is 2. The predicted octanol–water partition coefficient (Wildman–Crippen LogP) is 3.42.